The van der Waals surface area contributed by atoms with E-state index in [2.05, 4.69) is 5.32 Å². The highest BCUT2D eigenvalue weighted by molar-refractivity contribution is 7.92. The van der Waals surface area contributed by atoms with Crippen LogP contribution in [0, 0.1) is 6.92 Å². The number of aryl methyl sites for hydroxylation is 1. The Bertz CT molecular complexity index is 1150. The molecule has 0 saturated heterocycles. The first kappa shape index (κ1) is 28.5. The lowest BCUT2D eigenvalue weighted by Gasteiger charge is -2.33. The number of hydrogen-bond acceptors (Lipinski definition) is 5. The molecular weight excluding hydrogens is 490 g/mol. The Morgan fingerprint density at radius 1 is 1.14 bits per heavy atom. The lowest BCUT2D eigenvalue weighted by molar-refractivity contribution is -0.140. The van der Waals surface area contributed by atoms with E-state index in [1.54, 1.807) is 6.07 Å². The van der Waals surface area contributed by atoms with Crippen molar-refractivity contribution in [3.63, 3.8) is 0 Å². The maximum Gasteiger partial charge on any atom is 0.244 e. The Kier molecular flexibility index (Phi) is 9.97. The van der Waals surface area contributed by atoms with Crippen LogP contribution in [0.2, 0.25) is 5.02 Å². The number of carbonyl (C=O) groups is 2. The fourth-order valence-electron chi connectivity index (χ4n) is 3.76. The monoisotopic (exact) mass is 523 g/mol. The first-order chi connectivity index (χ1) is 16.4. The maximum atomic E-state index is 13.7. The molecule has 2 rings (SSSR count). The lowest BCUT2D eigenvalue weighted by Crippen LogP contribution is -2.53. The molecule has 0 aromatic heterocycles. The molecule has 1 N–H and O–H groups in total. The summed E-state index contributed by atoms with van der Waals surface area (Å²) in [6, 6.07) is 11.3. The van der Waals surface area contributed by atoms with Crippen LogP contribution >= 0.6 is 11.6 Å². The smallest absolute Gasteiger partial charge is 0.244 e. The number of amides is 2. The fraction of sp³-hybridized carbons (Fsp3) is 0.440. The molecule has 8 nitrogen and oxygen atoms in total. The minimum Gasteiger partial charge on any atom is -0.495 e. The average molecular weight is 524 g/mol. The van der Waals surface area contributed by atoms with Crippen LogP contribution in [0.5, 0.6) is 5.75 Å². The SMILES string of the molecule is CC[C@@H](C(=O)NC(C)C)N(Cc1cccc(C)c1)C(=O)CN(c1cc(Cl)ccc1OC)S(C)(=O)=O. The molecule has 0 aliphatic rings. The van der Waals surface area contributed by atoms with Gasteiger partial charge in [0.2, 0.25) is 21.8 Å². The summed E-state index contributed by atoms with van der Waals surface area (Å²) in [5.74, 6) is -0.568. The summed E-state index contributed by atoms with van der Waals surface area (Å²) in [5, 5.41) is 3.16. The van der Waals surface area contributed by atoms with Gasteiger partial charge >= 0.3 is 0 Å². The van der Waals surface area contributed by atoms with Gasteiger partial charge in [-0.2, -0.15) is 0 Å². The van der Waals surface area contributed by atoms with Crippen LogP contribution in [0.4, 0.5) is 5.69 Å². The van der Waals surface area contributed by atoms with Crippen LogP contribution in [-0.4, -0.2) is 57.1 Å². The predicted octanol–water partition coefficient (Wildman–Crippen LogP) is 3.76. The third-order valence-electron chi connectivity index (χ3n) is 5.34. The van der Waals surface area contributed by atoms with Crippen molar-refractivity contribution < 1.29 is 22.7 Å². The van der Waals surface area contributed by atoms with Gasteiger partial charge < -0.3 is 15.0 Å². The average Bonchev–Trinajstić information content (AvgIpc) is 2.76. The molecule has 0 unspecified atom stereocenters. The Labute approximate surface area is 213 Å². The number of sulfonamides is 1. The summed E-state index contributed by atoms with van der Waals surface area (Å²) in [6.07, 6.45) is 1.36. The second kappa shape index (κ2) is 12.3. The van der Waals surface area contributed by atoms with E-state index in [1.807, 2.05) is 52.0 Å². The topological polar surface area (TPSA) is 96.0 Å². The van der Waals surface area contributed by atoms with Gasteiger partial charge in [-0.3, -0.25) is 13.9 Å². The molecule has 0 spiro atoms. The Morgan fingerprint density at radius 2 is 1.83 bits per heavy atom. The van der Waals surface area contributed by atoms with E-state index < -0.39 is 28.5 Å². The van der Waals surface area contributed by atoms with Crippen molar-refractivity contribution in [2.45, 2.75) is 52.7 Å². The maximum absolute atomic E-state index is 13.7. The van der Waals surface area contributed by atoms with Crippen LogP contribution in [0.15, 0.2) is 42.5 Å². The van der Waals surface area contributed by atoms with Gasteiger partial charge in [0.05, 0.1) is 19.1 Å². The second-order valence-corrected chi connectivity index (χ2v) is 11.0. The van der Waals surface area contributed by atoms with Crippen molar-refractivity contribution in [1.29, 1.82) is 0 Å². The van der Waals surface area contributed by atoms with Gasteiger partial charge in [0.15, 0.2) is 0 Å². The highest BCUT2D eigenvalue weighted by atomic mass is 35.5. The first-order valence-corrected chi connectivity index (χ1v) is 13.6. The van der Waals surface area contributed by atoms with Crippen molar-refractivity contribution in [3.05, 3.63) is 58.6 Å². The number of methoxy groups -OCH3 is 1. The normalized spacial score (nSPS) is 12.2. The molecule has 0 aliphatic heterocycles. The minimum atomic E-state index is -3.90. The molecule has 2 aromatic carbocycles. The highest BCUT2D eigenvalue weighted by Crippen LogP contribution is 2.33. The molecule has 192 valence electrons. The van der Waals surface area contributed by atoms with Crippen LogP contribution in [0.25, 0.3) is 0 Å². The standard InChI is InChI=1S/C25H34ClN3O5S/c1-7-21(25(31)27-17(2)3)28(15-19-10-8-9-18(4)13-19)24(30)16-29(35(6,32)33)22-14-20(26)11-12-23(22)34-5/h8-14,17,21H,7,15-16H2,1-6H3,(H,27,31)/t21-/m0/s1. The largest absolute Gasteiger partial charge is 0.495 e. The zero-order valence-corrected chi connectivity index (χ0v) is 22.6. The number of halogens is 1. The number of benzene rings is 2. The zero-order chi connectivity index (χ0) is 26.3. The van der Waals surface area contributed by atoms with Crippen molar-refractivity contribution in [1.82, 2.24) is 10.2 Å². The van der Waals surface area contributed by atoms with E-state index in [0.29, 0.717) is 11.4 Å². The Balaban J connectivity index is 2.52. The molecule has 0 radical (unpaired) electrons. The summed E-state index contributed by atoms with van der Waals surface area (Å²) >= 11 is 6.13. The molecule has 0 heterocycles. The number of anilines is 1. The molecule has 0 aliphatic carbocycles. The minimum absolute atomic E-state index is 0.115. The molecule has 1 atom stereocenters. The van der Waals surface area contributed by atoms with E-state index in [1.165, 1.54) is 24.1 Å². The van der Waals surface area contributed by atoms with E-state index in [9.17, 15) is 18.0 Å². The number of hydrogen-bond donors (Lipinski definition) is 1. The molecule has 2 aromatic rings. The number of nitrogens with one attached hydrogen (secondary N) is 1. The van der Waals surface area contributed by atoms with E-state index in [0.717, 1.165) is 21.7 Å². The quantitative estimate of drug-likeness (QED) is 0.484. The van der Waals surface area contributed by atoms with Crippen molar-refractivity contribution in [2.24, 2.45) is 0 Å². The van der Waals surface area contributed by atoms with Gasteiger partial charge in [-0.05, 0) is 51.0 Å². The van der Waals surface area contributed by atoms with Crippen molar-refractivity contribution >= 4 is 39.1 Å². The van der Waals surface area contributed by atoms with E-state index in [-0.39, 0.29) is 29.9 Å². The van der Waals surface area contributed by atoms with Crippen LogP contribution < -0.4 is 14.4 Å². The molecule has 0 bridgehead atoms. The summed E-state index contributed by atoms with van der Waals surface area (Å²) in [4.78, 5) is 28.1. The van der Waals surface area contributed by atoms with Gasteiger partial charge in [-0.15, -0.1) is 0 Å². The van der Waals surface area contributed by atoms with E-state index in [4.69, 9.17) is 16.3 Å². The summed E-state index contributed by atoms with van der Waals surface area (Å²) < 4.78 is 31.8. The van der Waals surface area contributed by atoms with Crippen LogP contribution in [-0.2, 0) is 26.2 Å². The van der Waals surface area contributed by atoms with Crippen molar-refractivity contribution in [3.8, 4) is 5.75 Å². The van der Waals surface area contributed by atoms with Gasteiger partial charge in [0, 0.05) is 17.6 Å². The van der Waals surface area contributed by atoms with Gasteiger partial charge in [0.1, 0.15) is 18.3 Å². The number of nitrogens with zero attached hydrogens (tertiary/aromatic N) is 2. The molecular formula is C25H34ClN3O5S. The van der Waals surface area contributed by atoms with Gasteiger partial charge in [0.25, 0.3) is 0 Å². The van der Waals surface area contributed by atoms with E-state index >= 15 is 0 Å². The summed E-state index contributed by atoms with van der Waals surface area (Å²) in [6.45, 7) is 7.06. The molecule has 35 heavy (non-hydrogen) atoms. The van der Waals surface area contributed by atoms with Gasteiger partial charge in [-0.1, -0.05) is 48.4 Å². The predicted molar refractivity (Wildman–Crippen MR) is 139 cm³/mol. The van der Waals surface area contributed by atoms with Crippen molar-refractivity contribution in [2.75, 3.05) is 24.2 Å². The lowest BCUT2D eigenvalue weighted by atomic mass is 10.1. The number of carbonyl (C=O) groups excluding carboxylic acids is 2. The Hall–Kier alpha value is -2.78. The highest BCUT2D eigenvalue weighted by Gasteiger charge is 2.32. The Morgan fingerprint density at radius 3 is 2.37 bits per heavy atom. The van der Waals surface area contributed by atoms with Crippen LogP contribution in [0.3, 0.4) is 0 Å². The zero-order valence-electron chi connectivity index (χ0n) is 21.0. The molecule has 0 saturated carbocycles. The molecule has 2 amide bonds. The number of rotatable bonds is 11. The fourth-order valence-corrected chi connectivity index (χ4v) is 4.77. The molecule has 10 heteroatoms. The third kappa shape index (κ3) is 7.86. The number of ether oxygens (including phenoxy) is 1. The van der Waals surface area contributed by atoms with Crippen LogP contribution in [0.1, 0.15) is 38.3 Å². The second-order valence-electron chi connectivity index (χ2n) is 8.68. The summed E-state index contributed by atoms with van der Waals surface area (Å²) in [7, 11) is -2.50. The third-order valence-corrected chi connectivity index (χ3v) is 6.70. The summed E-state index contributed by atoms with van der Waals surface area (Å²) in [5.41, 5.74) is 1.99. The first-order valence-electron chi connectivity index (χ1n) is 11.3. The van der Waals surface area contributed by atoms with Gasteiger partial charge in [-0.25, -0.2) is 8.42 Å². The molecule has 0 fully saturated rings.